The van der Waals surface area contributed by atoms with E-state index in [2.05, 4.69) is 6.58 Å². The molecule has 0 bridgehead atoms. The SMILES string of the molecule is C=C(C)CCc1ccc(C(=O)CCC)cc1. The highest BCUT2D eigenvalue weighted by Gasteiger charge is 2.03. The summed E-state index contributed by atoms with van der Waals surface area (Å²) in [5, 5.41) is 0. The lowest BCUT2D eigenvalue weighted by Gasteiger charge is -2.03. The van der Waals surface area contributed by atoms with E-state index in [1.165, 1.54) is 11.1 Å². The first-order valence-corrected chi connectivity index (χ1v) is 5.90. The Kier molecular flexibility index (Phi) is 4.97. The monoisotopic (exact) mass is 216 g/mol. The van der Waals surface area contributed by atoms with Gasteiger partial charge in [-0.1, -0.05) is 36.8 Å². The predicted octanol–water partition coefficient (Wildman–Crippen LogP) is 4.18. The molecule has 1 heteroatoms. The molecule has 0 amide bonds. The zero-order valence-electron chi connectivity index (χ0n) is 10.3. The Labute approximate surface area is 98.2 Å². The van der Waals surface area contributed by atoms with Crippen LogP contribution in [0.5, 0.6) is 0 Å². The number of Topliss-reactive ketones (excluding diaryl/α,β-unsaturated/α-hetero) is 1. The Balaban J connectivity index is 2.60. The van der Waals surface area contributed by atoms with Gasteiger partial charge in [0.05, 0.1) is 0 Å². The van der Waals surface area contributed by atoms with Gasteiger partial charge in [-0.3, -0.25) is 4.79 Å². The molecule has 0 spiro atoms. The van der Waals surface area contributed by atoms with E-state index in [9.17, 15) is 4.79 Å². The summed E-state index contributed by atoms with van der Waals surface area (Å²) in [4.78, 5) is 11.6. The van der Waals surface area contributed by atoms with Crippen LogP contribution in [-0.4, -0.2) is 5.78 Å². The number of benzene rings is 1. The van der Waals surface area contributed by atoms with E-state index in [-0.39, 0.29) is 5.78 Å². The van der Waals surface area contributed by atoms with Crippen LogP contribution in [0.1, 0.15) is 49.0 Å². The number of rotatable bonds is 6. The van der Waals surface area contributed by atoms with Crippen LogP contribution < -0.4 is 0 Å². The smallest absolute Gasteiger partial charge is 0.162 e. The molecule has 1 aromatic rings. The molecule has 0 aliphatic heterocycles. The molecule has 0 aliphatic carbocycles. The van der Waals surface area contributed by atoms with Gasteiger partial charge in [0.1, 0.15) is 0 Å². The average Bonchev–Trinajstić information content (AvgIpc) is 2.27. The zero-order valence-corrected chi connectivity index (χ0v) is 10.3. The number of carbonyl (C=O) groups is 1. The second-order valence-corrected chi connectivity index (χ2v) is 4.33. The largest absolute Gasteiger partial charge is 0.294 e. The third-order valence-corrected chi connectivity index (χ3v) is 2.59. The van der Waals surface area contributed by atoms with Crippen LogP contribution >= 0.6 is 0 Å². The molecule has 0 heterocycles. The lowest BCUT2D eigenvalue weighted by molar-refractivity contribution is 0.0982. The molecule has 0 atom stereocenters. The van der Waals surface area contributed by atoms with Gasteiger partial charge in [0.25, 0.3) is 0 Å². The summed E-state index contributed by atoms with van der Waals surface area (Å²) in [6.07, 6.45) is 3.58. The first-order chi connectivity index (χ1) is 7.63. The highest BCUT2D eigenvalue weighted by atomic mass is 16.1. The minimum atomic E-state index is 0.244. The average molecular weight is 216 g/mol. The lowest BCUT2D eigenvalue weighted by atomic mass is 10.0. The summed E-state index contributed by atoms with van der Waals surface area (Å²) in [6, 6.07) is 7.97. The zero-order chi connectivity index (χ0) is 12.0. The minimum Gasteiger partial charge on any atom is -0.294 e. The molecule has 0 saturated heterocycles. The number of ketones is 1. The Morgan fingerprint density at radius 2 is 1.81 bits per heavy atom. The van der Waals surface area contributed by atoms with Gasteiger partial charge >= 0.3 is 0 Å². The Hall–Kier alpha value is -1.37. The summed E-state index contributed by atoms with van der Waals surface area (Å²) in [6.45, 7) is 7.95. The Morgan fingerprint density at radius 3 is 2.31 bits per heavy atom. The van der Waals surface area contributed by atoms with Crippen molar-refractivity contribution in [3.63, 3.8) is 0 Å². The maximum atomic E-state index is 11.6. The molecule has 86 valence electrons. The molecule has 0 saturated carbocycles. The van der Waals surface area contributed by atoms with Gasteiger partial charge in [0.2, 0.25) is 0 Å². The van der Waals surface area contributed by atoms with Gasteiger partial charge < -0.3 is 0 Å². The van der Waals surface area contributed by atoms with Crippen molar-refractivity contribution >= 4 is 5.78 Å². The molecule has 0 radical (unpaired) electrons. The van der Waals surface area contributed by atoms with Crippen LogP contribution in [0.15, 0.2) is 36.4 Å². The van der Waals surface area contributed by atoms with Crippen LogP contribution in [0.3, 0.4) is 0 Å². The summed E-state index contributed by atoms with van der Waals surface area (Å²) < 4.78 is 0. The van der Waals surface area contributed by atoms with Crippen molar-refractivity contribution in [1.82, 2.24) is 0 Å². The Bertz CT molecular complexity index is 360. The van der Waals surface area contributed by atoms with Crippen molar-refractivity contribution in [1.29, 1.82) is 0 Å². The number of carbonyl (C=O) groups excluding carboxylic acids is 1. The van der Waals surface area contributed by atoms with E-state index in [0.29, 0.717) is 6.42 Å². The third-order valence-electron chi connectivity index (χ3n) is 2.59. The topological polar surface area (TPSA) is 17.1 Å². The van der Waals surface area contributed by atoms with E-state index >= 15 is 0 Å². The number of hydrogen-bond acceptors (Lipinski definition) is 1. The van der Waals surface area contributed by atoms with E-state index in [4.69, 9.17) is 0 Å². The van der Waals surface area contributed by atoms with Crippen molar-refractivity contribution < 1.29 is 4.79 Å². The minimum absolute atomic E-state index is 0.244. The summed E-state index contributed by atoms with van der Waals surface area (Å²) in [7, 11) is 0. The van der Waals surface area contributed by atoms with Crippen LogP contribution in [0.2, 0.25) is 0 Å². The molecule has 1 aromatic carbocycles. The maximum absolute atomic E-state index is 11.6. The van der Waals surface area contributed by atoms with Crippen molar-refractivity contribution in [3.05, 3.63) is 47.5 Å². The highest BCUT2D eigenvalue weighted by Crippen LogP contribution is 2.11. The van der Waals surface area contributed by atoms with Gasteiger partial charge in [-0.05, 0) is 31.7 Å². The van der Waals surface area contributed by atoms with E-state index in [1.54, 1.807) is 0 Å². The van der Waals surface area contributed by atoms with Gasteiger partial charge in [0.15, 0.2) is 5.78 Å². The molecule has 1 nitrogen and oxygen atoms in total. The number of aryl methyl sites for hydroxylation is 1. The van der Waals surface area contributed by atoms with Crippen LogP contribution in [-0.2, 0) is 6.42 Å². The molecule has 16 heavy (non-hydrogen) atoms. The Morgan fingerprint density at radius 1 is 1.19 bits per heavy atom. The molecule has 0 aromatic heterocycles. The van der Waals surface area contributed by atoms with Crippen LogP contribution in [0, 0.1) is 0 Å². The number of hydrogen-bond donors (Lipinski definition) is 0. The molecule has 0 N–H and O–H groups in total. The maximum Gasteiger partial charge on any atom is 0.162 e. The van der Waals surface area contributed by atoms with Gasteiger partial charge in [-0.2, -0.15) is 0 Å². The van der Waals surface area contributed by atoms with Crippen molar-refractivity contribution in [2.45, 2.75) is 39.5 Å². The molecule has 0 fully saturated rings. The second-order valence-electron chi connectivity index (χ2n) is 4.33. The molecular weight excluding hydrogens is 196 g/mol. The standard InChI is InChI=1S/C15H20O/c1-4-5-15(16)14-10-8-13(9-11-14)7-6-12(2)3/h8-11H,2,4-7H2,1,3H3. The van der Waals surface area contributed by atoms with Crippen molar-refractivity contribution in [2.75, 3.05) is 0 Å². The molecular formula is C15H20O. The predicted molar refractivity (Wildman–Crippen MR) is 68.8 cm³/mol. The highest BCUT2D eigenvalue weighted by molar-refractivity contribution is 5.95. The molecule has 0 unspecified atom stereocenters. The van der Waals surface area contributed by atoms with E-state index in [0.717, 1.165) is 24.8 Å². The fourth-order valence-corrected chi connectivity index (χ4v) is 1.59. The summed E-state index contributed by atoms with van der Waals surface area (Å²) in [5.74, 6) is 0.244. The first-order valence-electron chi connectivity index (χ1n) is 5.90. The summed E-state index contributed by atoms with van der Waals surface area (Å²) in [5.41, 5.74) is 3.31. The van der Waals surface area contributed by atoms with Crippen LogP contribution in [0.4, 0.5) is 0 Å². The molecule has 0 aliphatic rings. The van der Waals surface area contributed by atoms with E-state index < -0.39 is 0 Å². The van der Waals surface area contributed by atoms with Crippen molar-refractivity contribution in [2.24, 2.45) is 0 Å². The number of allylic oxidation sites excluding steroid dienone is 1. The van der Waals surface area contributed by atoms with Crippen molar-refractivity contribution in [3.8, 4) is 0 Å². The van der Waals surface area contributed by atoms with Gasteiger partial charge in [-0.15, -0.1) is 6.58 Å². The van der Waals surface area contributed by atoms with Gasteiger partial charge in [-0.25, -0.2) is 0 Å². The fraction of sp³-hybridized carbons (Fsp3) is 0.400. The normalized spacial score (nSPS) is 10.1. The lowest BCUT2D eigenvalue weighted by Crippen LogP contribution is -1.98. The van der Waals surface area contributed by atoms with Crippen LogP contribution in [0.25, 0.3) is 0 Å². The first kappa shape index (κ1) is 12.7. The fourth-order valence-electron chi connectivity index (χ4n) is 1.59. The second kappa shape index (κ2) is 6.26. The third kappa shape index (κ3) is 4.01. The molecule has 1 rings (SSSR count). The van der Waals surface area contributed by atoms with Gasteiger partial charge in [0, 0.05) is 12.0 Å². The quantitative estimate of drug-likeness (QED) is 0.515. The van der Waals surface area contributed by atoms with E-state index in [1.807, 2.05) is 38.1 Å². The summed E-state index contributed by atoms with van der Waals surface area (Å²) >= 11 is 0.